The van der Waals surface area contributed by atoms with E-state index in [4.69, 9.17) is 4.74 Å². The van der Waals surface area contributed by atoms with Crippen molar-refractivity contribution in [2.75, 3.05) is 13.7 Å². The quantitative estimate of drug-likeness (QED) is 0.363. The Morgan fingerprint density at radius 3 is 2.52 bits per heavy atom. The SMILES string of the molecule is CCCCC(=NNC(=O)C(=O)N(C)Cc1ccccc1)OCC. The number of ether oxygens (including phenoxy) is 1. The topological polar surface area (TPSA) is 71.0 Å². The van der Waals surface area contributed by atoms with Crippen molar-refractivity contribution in [1.82, 2.24) is 10.3 Å². The Labute approximate surface area is 137 Å². The van der Waals surface area contributed by atoms with Gasteiger partial charge in [0.2, 0.25) is 5.90 Å². The third kappa shape index (κ3) is 6.95. The van der Waals surface area contributed by atoms with Crippen molar-refractivity contribution in [3.8, 4) is 0 Å². The van der Waals surface area contributed by atoms with Crippen molar-refractivity contribution in [2.45, 2.75) is 39.7 Å². The molecule has 0 aliphatic heterocycles. The zero-order valence-corrected chi connectivity index (χ0v) is 14.0. The van der Waals surface area contributed by atoms with Crippen LogP contribution in [0.3, 0.4) is 0 Å². The molecular weight excluding hydrogens is 294 g/mol. The molecule has 0 bridgehead atoms. The number of hydrazone groups is 1. The molecule has 1 N–H and O–H groups in total. The summed E-state index contributed by atoms with van der Waals surface area (Å²) in [6, 6.07) is 9.48. The van der Waals surface area contributed by atoms with Crippen LogP contribution in [0.4, 0.5) is 0 Å². The average Bonchev–Trinajstić information content (AvgIpc) is 2.57. The van der Waals surface area contributed by atoms with E-state index < -0.39 is 11.8 Å². The number of nitrogens with one attached hydrogen (secondary N) is 1. The van der Waals surface area contributed by atoms with Crippen molar-refractivity contribution < 1.29 is 14.3 Å². The van der Waals surface area contributed by atoms with Gasteiger partial charge in [-0.1, -0.05) is 43.7 Å². The van der Waals surface area contributed by atoms with Crippen LogP contribution in [0, 0.1) is 0 Å². The smallest absolute Gasteiger partial charge is 0.329 e. The zero-order chi connectivity index (χ0) is 17.1. The first-order valence-corrected chi connectivity index (χ1v) is 7.87. The number of hydrogen-bond donors (Lipinski definition) is 1. The molecule has 1 rings (SSSR count). The fraction of sp³-hybridized carbons (Fsp3) is 0.471. The Morgan fingerprint density at radius 1 is 1.22 bits per heavy atom. The van der Waals surface area contributed by atoms with E-state index in [0.29, 0.717) is 25.5 Å². The Morgan fingerprint density at radius 2 is 1.91 bits per heavy atom. The molecule has 0 aliphatic carbocycles. The van der Waals surface area contributed by atoms with Crippen molar-refractivity contribution >= 4 is 17.7 Å². The van der Waals surface area contributed by atoms with E-state index in [1.165, 1.54) is 4.90 Å². The van der Waals surface area contributed by atoms with Crippen LogP contribution in [0.5, 0.6) is 0 Å². The van der Waals surface area contributed by atoms with E-state index in [-0.39, 0.29) is 0 Å². The highest BCUT2D eigenvalue weighted by Gasteiger charge is 2.18. The van der Waals surface area contributed by atoms with Crippen LogP contribution in [0.15, 0.2) is 35.4 Å². The third-order valence-corrected chi connectivity index (χ3v) is 3.14. The third-order valence-electron chi connectivity index (χ3n) is 3.14. The summed E-state index contributed by atoms with van der Waals surface area (Å²) in [6.07, 6.45) is 2.55. The fourth-order valence-electron chi connectivity index (χ4n) is 1.92. The maximum Gasteiger partial charge on any atom is 0.329 e. The molecule has 0 radical (unpaired) electrons. The minimum atomic E-state index is -0.767. The molecule has 2 amide bonds. The lowest BCUT2D eigenvalue weighted by atomic mass is 10.2. The second kappa shape index (κ2) is 10.4. The molecule has 0 spiro atoms. The highest BCUT2D eigenvalue weighted by Crippen LogP contribution is 2.03. The van der Waals surface area contributed by atoms with E-state index in [2.05, 4.69) is 17.5 Å². The number of rotatable bonds is 7. The number of hydrogen-bond acceptors (Lipinski definition) is 4. The maximum absolute atomic E-state index is 12.0. The molecule has 0 saturated carbocycles. The first kappa shape index (κ1) is 18.7. The summed E-state index contributed by atoms with van der Waals surface area (Å²) in [5.74, 6) is -0.956. The van der Waals surface area contributed by atoms with Crippen molar-refractivity contribution in [3.63, 3.8) is 0 Å². The van der Waals surface area contributed by atoms with E-state index in [1.807, 2.05) is 37.3 Å². The molecule has 6 heteroatoms. The van der Waals surface area contributed by atoms with E-state index in [1.54, 1.807) is 7.05 Å². The van der Waals surface area contributed by atoms with Gasteiger partial charge in [-0.25, -0.2) is 5.43 Å². The van der Waals surface area contributed by atoms with Crippen LogP contribution in [-0.2, 0) is 20.9 Å². The standard InChI is InChI=1S/C17H25N3O3/c1-4-6-12-15(23-5-2)18-19-16(21)17(22)20(3)13-14-10-8-7-9-11-14/h7-11H,4-6,12-13H2,1-3H3,(H,19,21). The molecule has 0 aliphatic rings. The first-order chi connectivity index (χ1) is 11.1. The zero-order valence-electron chi connectivity index (χ0n) is 14.0. The Bertz CT molecular complexity index is 529. The normalized spacial score (nSPS) is 11.0. The molecule has 0 aromatic heterocycles. The van der Waals surface area contributed by atoms with E-state index in [0.717, 1.165) is 18.4 Å². The summed E-state index contributed by atoms with van der Waals surface area (Å²) in [7, 11) is 1.58. The van der Waals surface area contributed by atoms with Crippen molar-refractivity contribution in [3.05, 3.63) is 35.9 Å². The molecule has 0 atom stereocenters. The first-order valence-electron chi connectivity index (χ1n) is 7.87. The predicted molar refractivity (Wildman–Crippen MR) is 89.6 cm³/mol. The number of carbonyl (C=O) groups excluding carboxylic acids is 2. The lowest BCUT2D eigenvalue weighted by Crippen LogP contribution is -2.39. The van der Waals surface area contributed by atoms with Gasteiger partial charge in [0, 0.05) is 20.0 Å². The lowest BCUT2D eigenvalue weighted by molar-refractivity contribution is -0.145. The summed E-state index contributed by atoms with van der Waals surface area (Å²) >= 11 is 0. The molecule has 0 heterocycles. The summed E-state index contributed by atoms with van der Waals surface area (Å²) in [6.45, 7) is 4.75. The summed E-state index contributed by atoms with van der Waals surface area (Å²) in [4.78, 5) is 25.3. The molecule has 23 heavy (non-hydrogen) atoms. The van der Waals surface area contributed by atoms with Crippen LogP contribution >= 0.6 is 0 Å². The average molecular weight is 319 g/mol. The number of unbranched alkanes of at least 4 members (excludes halogenated alkanes) is 1. The van der Waals surface area contributed by atoms with Crippen molar-refractivity contribution in [1.29, 1.82) is 0 Å². The van der Waals surface area contributed by atoms with Gasteiger partial charge in [0.25, 0.3) is 0 Å². The predicted octanol–water partition coefficient (Wildman–Crippen LogP) is 2.30. The van der Waals surface area contributed by atoms with E-state index in [9.17, 15) is 9.59 Å². The van der Waals surface area contributed by atoms with Gasteiger partial charge in [0.15, 0.2) is 0 Å². The molecule has 0 unspecified atom stereocenters. The number of amides is 2. The number of likely N-dealkylation sites (N-methyl/N-ethyl adjacent to an activating group) is 1. The number of nitrogens with zero attached hydrogens (tertiary/aromatic N) is 2. The Balaban J connectivity index is 2.56. The fourth-order valence-corrected chi connectivity index (χ4v) is 1.92. The van der Waals surface area contributed by atoms with Gasteiger partial charge < -0.3 is 9.64 Å². The van der Waals surface area contributed by atoms with Crippen LogP contribution < -0.4 is 5.43 Å². The number of benzene rings is 1. The van der Waals surface area contributed by atoms with Gasteiger partial charge in [-0.2, -0.15) is 0 Å². The summed E-state index contributed by atoms with van der Waals surface area (Å²) < 4.78 is 5.34. The largest absolute Gasteiger partial charge is 0.480 e. The minimum absolute atomic E-state index is 0.366. The van der Waals surface area contributed by atoms with Gasteiger partial charge in [-0.05, 0) is 18.9 Å². The van der Waals surface area contributed by atoms with E-state index >= 15 is 0 Å². The highest BCUT2D eigenvalue weighted by molar-refractivity contribution is 6.34. The van der Waals surface area contributed by atoms with Crippen molar-refractivity contribution in [2.24, 2.45) is 5.10 Å². The van der Waals surface area contributed by atoms with Crippen LogP contribution in [0.2, 0.25) is 0 Å². The summed E-state index contributed by atoms with van der Waals surface area (Å²) in [5.41, 5.74) is 3.23. The van der Waals surface area contributed by atoms with Crippen LogP contribution in [0.25, 0.3) is 0 Å². The molecular formula is C17H25N3O3. The molecule has 0 fully saturated rings. The minimum Gasteiger partial charge on any atom is -0.480 e. The Hall–Kier alpha value is -2.37. The Kier molecular flexibility index (Phi) is 8.42. The second-order valence-electron chi connectivity index (χ2n) is 5.13. The molecule has 0 saturated heterocycles. The highest BCUT2D eigenvalue weighted by atomic mass is 16.5. The van der Waals surface area contributed by atoms with Gasteiger partial charge in [-0.3, -0.25) is 9.59 Å². The lowest BCUT2D eigenvalue weighted by Gasteiger charge is -2.16. The molecule has 1 aromatic carbocycles. The molecule has 1 aromatic rings. The van der Waals surface area contributed by atoms with Gasteiger partial charge in [0.1, 0.15) is 0 Å². The van der Waals surface area contributed by atoms with Gasteiger partial charge >= 0.3 is 11.8 Å². The van der Waals surface area contributed by atoms with Crippen LogP contribution in [0.1, 0.15) is 38.7 Å². The van der Waals surface area contributed by atoms with Crippen LogP contribution in [-0.4, -0.2) is 36.3 Å². The second-order valence-corrected chi connectivity index (χ2v) is 5.13. The molecule has 6 nitrogen and oxygen atoms in total. The van der Waals surface area contributed by atoms with Gasteiger partial charge in [-0.15, -0.1) is 5.10 Å². The monoisotopic (exact) mass is 319 g/mol. The number of carbonyl (C=O) groups is 2. The maximum atomic E-state index is 12.0. The van der Waals surface area contributed by atoms with Gasteiger partial charge in [0.05, 0.1) is 6.61 Å². The summed E-state index contributed by atoms with van der Waals surface area (Å²) in [5, 5.41) is 3.91. The molecule has 126 valence electrons.